The number of urea groups is 1. The van der Waals surface area contributed by atoms with Crippen LogP contribution in [0.15, 0.2) is 36.5 Å². The summed E-state index contributed by atoms with van der Waals surface area (Å²) in [6.45, 7) is 3.03. The molecule has 4 amide bonds. The van der Waals surface area contributed by atoms with E-state index in [0.29, 0.717) is 17.0 Å². The molecule has 9 heteroatoms. The van der Waals surface area contributed by atoms with Crippen LogP contribution in [-0.2, 0) is 15.1 Å². The van der Waals surface area contributed by atoms with Crippen molar-refractivity contribution in [1.29, 1.82) is 0 Å². The first kappa shape index (κ1) is 19.6. The summed E-state index contributed by atoms with van der Waals surface area (Å²) in [6, 6.07) is 7.61. The third-order valence-corrected chi connectivity index (χ3v) is 4.77. The van der Waals surface area contributed by atoms with E-state index in [9.17, 15) is 14.4 Å². The predicted octanol–water partition coefficient (Wildman–Crippen LogP) is 2.46. The molecule has 28 heavy (non-hydrogen) atoms. The van der Waals surface area contributed by atoms with Crippen LogP contribution >= 0.6 is 11.6 Å². The highest BCUT2D eigenvalue weighted by Gasteiger charge is 2.49. The second-order valence-electron chi connectivity index (χ2n) is 6.55. The topological polar surface area (TPSA) is 101 Å². The van der Waals surface area contributed by atoms with Crippen LogP contribution < -0.4 is 15.4 Å². The van der Waals surface area contributed by atoms with Gasteiger partial charge in [0.05, 0.1) is 7.11 Å². The maximum absolute atomic E-state index is 12.9. The number of rotatable bonds is 5. The molecule has 3 rings (SSSR count). The summed E-state index contributed by atoms with van der Waals surface area (Å²) >= 11 is 5.78. The van der Waals surface area contributed by atoms with Crippen molar-refractivity contribution >= 4 is 35.1 Å². The van der Waals surface area contributed by atoms with Crippen LogP contribution in [0, 0.1) is 6.92 Å². The third-order valence-electron chi connectivity index (χ3n) is 4.56. The molecule has 1 aromatic heterocycles. The molecule has 0 aliphatic carbocycles. The molecule has 1 fully saturated rings. The summed E-state index contributed by atoms with van der Waals surface area (Å²) < 4.78 is 5.23. The van der Waals surface area contributed by atoms with Crippen molar-refractivity contribution in [2.24, 2.45) is 0 Å². The highest BCUT2D eigenvalue weighted by Crippen LogP contribution is 2.31. The van der Waals surface area contributed by atoms with Gasteiger partial charge in [0.25, 0.3) is 5.91 Å². The van der Waals surface area contributed by atoms with Crippen molar-refractivity contribution < 1.29 is 19.1 Å². The SMILES string of the molecule is COc1ccc(C2(C)NC(=O)N(CC(=O)Nc3ccnc(Cl)c3)C2=O)cc1C. The molecule has 2 aromatic rings. The standard InChI is InChI=1S/C19H19ClN4O4/c1-11-8-12(4-5-14(11)28-3)19(2)17(26)24(18(27)23-19)10-16(25)22-13-6-7-21-15(20)9-13/h4-9H,10H2,1-3H3,(H,23,27)(H,21,22,25). The van der Waals surface area contributed by atoms with Crippen LogP contribution in [0.3, 0.4) is 0 Å². The number of hydrogen-bond donors (Lipinski definition) is 2. The minimum Gasteiger partial charge on any atom is -0.496 e. The van der Waals surface area contributed by atoms with E-state index in [1.54, 1.807) is 38.3 Å². The van der Waals surface area contributed by atoms with Gasteiger partial charge in [0.1, 0.15) is 23.0 Å². The number of ether oxygens (including phenoxy) is 1. The van der Waals surface area contributed by atoms with Crippen LogP contribution in [0.25, 0.3) is 0 Å². The smallest absolute Gasteiger partial charge is 0.325 e. The average Bonchev–Trinajstić information content (AvgIpc) is 2.85. The Morgan fingerprint density at radius 1 is 1.32 bits per heavy atom. The Kier molecular flexibility index (Phi) is 5.24. The summed E-state index contributed by atoms with van der Waals surface area (Å²) in [4.78, 5) is 42.3. The number of aryl methyl sites for hydroxylation is 1. The van der Waals surface area contributed by atoms with Gasteiger partial charge in [-0.15, -0.1) is 0 Å². The monoisotopic (exact) mass is 402 g/mol. The highest BCUT2D eigenvalue weighted by molar-refractivity contribution is 6.29. The molecule has 1 aliphatic rings. The van der Waals surface area contributed by atoms with Gasteiger partial charge in [-0.3, -0.25) is 14.5 Å². The molecule has 1 atom stereocenters. The zero-order valence-corrected chi connectivity index (χ0v) is 16.3. The lowest BCUT2D eigenvalue weighted by Gasteiger charge is -2.23. The van der Waals surface area contributed by atoms with E-state index < -0.39 is 29.9 Å². The Balaban J connectivity index is 1.77. The van der Waals surface area contributed by atoms with Gasteiger partial charge in [-0.25, -0.2) is 9.78 Å². The van der Waals surface area contributed by atoms with Crippen molar-refractivity contribution in [2.45, 2.75) is 19.4 Å². The Morgan fingerprint density at radius 2 is 2.07 bits per heavy atom. The molecule has 8 nitrogen and oxygen atoms in total. The van der Waals surface area contributed by atoms with Crippen LogP contribution in [0.2, 0.25) is 5.15 Å². The van der Waals surface area contributed by atoms with E-state index in [2.05, 4.69) is 15.6 Å². The molecule has 146 valence electrons. The fraction of sp³-hybridized carbons (Fsp3) is 0.263. The third kappa shape index (κ3) is 3.63. The van der Waals surface area contributed by atoms with Crippen molar-refractivity contribution in [3.8, 4) is 5.75 Å². The van der Waals surface area contributed by atoms with Gasteiger partial charge < -0.3 is 15.4 Å². The van der Waals surface area contributed by atoms with Crippen molar-refractivity contribution in [3.63, 3.8) is 0 Å². The maximum Gasteiger partial charge on any atom is 0.325 e. The maximum atomic E-state index is 12.9. The number of amides is 4. The summed E-state index contributed by atoms with van der Waals surface area (Å²) in [5.74, 6) is -0.359. The van der Waals surface area contributed by atoms with Crippen LogP contribution in [0.4, 0.5) is 10.5 Å². The van der Waals surface area contributed by atoms with Crippen LogP contribution in [0.5, 0.6) is 5.75 Å². The lowest BCUT2D eigenvalue weighted by Crippen LogP contribution is -2.42. The van der Waals surface area contributed by atoms with E-state index in [1.807, 2.05) is 6.92 Å². The Bertz CT molecular complexity index is 965. The zero-order valence-electron chi connectivity index (χ0n) is 15.6. The lowest BCUT2D eigenvalue weighted by atomic mass is 9.90. The number of hydrogen-bond acceptors (Lipinski definition) is 5. The number of carbonyl (C=O) groups excluding carboxylic acids is 3. The number of aromatic nitrogens is 1. The summed E-state index contributed by atoms with van der Waals surface area (Å²) in [5, 5.41) is 5.48. The number of nitrogens with zero attached hydrogens (tertiary/aromatic N) is 2. The molecule has 1 saturated heterocycles. The molecular weight excluding hydrogens is 384 g/mol. The van der Waals surface area contributed by atoms with Gasteiger partial charge in [0.15, 0.2) is 0 Å². The number of carbonyl (C=O) groups is 3. The normalized spacial score (nSPS) is 18.8. The van der Waals surface area contributed by atoms with E-state index in [4.69, 9.17) is 16.3 Å². The second-order valence-corrected chi connectivity index (χ2v) is 6.93. The van der Waals surface area contributed by atoms with E-state index >= 15 is 0 Å². The fourth-order valence-electron chi connectivity index (χ4n) is 3.05. The predicted molar refractivity (Wildman–Crippen MR) is 103 cm³/mol. The zero-order chi connectivity index (χ0) is 20.5. The van der Waals surface area contributed by atoms with Gasteiger partial charge in [-0.05, 0) is 49.2 Å². The summed E-state index contributed by atoms with van der Waals surface area (Å²) in [5.41, 5.74) is 0.585. The molecule has 1 aliphatic heterocycles. The summed E-state index contributed by atoms with van der Waals surface area (Å²) in [7, 11) is 1.56. The molecule has 1 aromatic carbocycles. The first-order valence-electron chi connectivity index (χ1n) is 8.45. The number of benzene rings is 1. The summed E-state index contributed by atoms with van der Waals surface area (Å²) in [6.07, 6.45) is 1.44. The van der Waals surface area contributed by atoms with Gasteiger partial charge in [-0.1, -0.05) is 17.7 Å². The fourth-order valence-corrected chi connectivity index (χ4v) is 3.22. The van der Waals surface area contributed by atoms with Gasteiger partial charge in [0.2, 0.25) is 5.91 Å². The Hall–Kier alpha value is -3.13. The quantitative estimate of drug-likeness (QED) is 0.591. The number of pyridine rings is 1. The molecule has 0 radical (unpaired) electrons. The molecule has 1 unspecified atom stereocenters. The first-order chi connectivity index (χ1) is 13.2. The van der Waals surface area contributed by atoms with Gasteiger partial charge >= 0.3 is 6.03 Å². The number of anilines is 1. The van der Waals surface area contributed by atoms with Gasteiger partial charge in [0, 0.05) is 11.9 Å². The molecule has 0 saturated carbocycles. The number of methoxy groups -OCH3 is 1. The van der Waals surface area contributed by atoms with Crippen LogP contribution in [-0.4, -0.2) is 41.4 Å². The second kappa shape index (κ2) is 7.47. The van der Waals surface area contributed by atoms with Crippen molar-refractivity contribution in [1.82, 2.24) is 15.2 Å². The van der Waals surface area contributed by atoms with Crippen LogP contribution in [0.1, 0.15) is 18.1 Å². The van der Waals surface area contributed by atoms with Crippen molar-refractivity contribution in [2.75, 3.05) is 19.0 Å². The van der Waals surface area contributed by atoms with Crippen molar-refractivity contribution in [3.05, 3.63) is 52.8 Å². The van der Waals surface area contributed by atoms with E-state index in [0.717, 1.165) is 10.5 Å². The molecule has 0 spiro atoms. The largest absolute Gasteiger partial charge is 0.496 e. The number of halogens is 1. The minimum atomic E-state index is -1.27. The van der Waals surface area contributed by atoms with E-state index in [-0.39, 0.29) is 5.15 Å². The Morgan fingerprint density at radius 3 is 2.71 bits per heavy atom. The Labute approximate surface area is 166 Å². The number of nitrogens with one attached hydrogen (secondary N) is 2. The molecule has 0 bridgehead atoms. The molecule has 2 heterocycles. The lowest BCUT2D eigenvalue weighted by molar-refractivity contribution is -0.133. The average molecular weight is 403 g/mol. The van der Waals surface area contributed by atoms with Gasteiger partial charge in [-0.2, -0.15) is 0 Å². The molecule has 2 N–H and O–H groups in total. The first-order valence-corrected chi connectivity index (χ1v) is 8.83. The highest BCUT2D eigenvalue weighted by atomic mass is 35.5. The minimum absolute atomic E-state index is 0.218. The number of imide groups is 1. The molecular formula is C19H19ClN4O4. The van der Waals surface area contributed by atoms with E-state index in [1.165, 1.54) is 12.3 Å².